The SMILES string of the molecule is C[C@H]1O[C@@H](O[C@H]2[C@H](O[C@H]3CC[C@]4(C)C5=C[C@H](O)[C@]67C(=O)O[C@@](C)([C@H]8CCC(C)(C)O8)[C@@]6(O)CC[C@@]7(C)[C@@H]5CC[C@H]4C3(C)C)OC[C@@H](O)[C@@H]2O)[C@H](O)[C@@H](O)[C@@H]1O. The van der Waals surface area contributed by atoms with Gasteiger partial charge in [0.25, 0.3) is 0 Å². The molecule has 7 N–H and O–H groups in total. The van der Waals surface area contributed by atoms with Crippen LogP contribution >= 0.6 is 0 Å². The molecule has 0 aromatic heterocycles. The average molecular weight is 781 g/mol. The fourth-order valence-corrected chi connectivity index (χ4v) is 13.5. The van der Waals surface area contributed by atoms with Crippen LogP contribution in [0.2, 0.25) is 0 Å². The van der Waals surface area contributed by atoms with Gasteiger partial charge in [-0.2, -0.15) is 0 Å². The summed E-state index contributed by atoms with van der Waals surface area (Å²) in [6, 6.07) is 0. The number of aliphatic hydroxyl groups excluding tert-OH is 6. The van der Waals surface area contributed by atoms with E-state index in [9.17, 15) is 40.5 Å². The van der Waals surface area contributed by atoms with Crippen molar-refractivity contribution in [2.75, 3.05) is 6.61 Å². The Morgan fingerprint density at radius 3 is 2.16 bits per heavy atom. The first-order chi connectivity index (χ1) is 25.5. The Labute approximate surface area is 323 Å². The van der Waals surface area contributed by atoms with Crippen molar-refractivity contribution in [2.45, 2.75) is 197 Å². The lowest BCUT2D eigenvalue weighted by molar-refractivity contribution is -0.363. The molecule has 4 aliphatic carbocycles. The van der Waals surface area contributed by atoms with E-state index in [2.05, 4.69) is 27.7 Å². The number of hydrogen-bond acceptors (Lipinski definition) is 14. The molecule has 55 heavy (non-hydrogen) atoms. The molecule has 0 radical (unpaired) electrons. The predicted octanol–water partition coefficient (Wildman–Crippen LogP) is 1.61. The van der Waals surface area contributed by atoms with Crippen molar-refractivity contribution in [3.8, 4) is 0 Å². The summed E-state index contributed by atoms with van der Waals surface area (Å²) in [6.45, 7) is 15.8. The third kappa shape index (κ3) is 5.25. The zero-order valence-corrected chi connectivity index (χ0v) is 33.5. The molecule has 3 saturated carbocycles. The molecule has 0 bridgehead atoms. The van der Waals surface area contributed by atoms with Crippen LogP contribution < -0.4 is 0 Å². The Morgan fingerprint density at radius 2 is 1.49 bits per heavy atom. The zero-order chi connectivity index (χ0) is 40.1. The highest BCUT2D eigenvalue weighted by atomic mass is 16.8. The minimum Gasteiger partial charge on any atom is -0.453 e. The fourth-order valence-electron chi connectivity index (χ4n) is 13.5. The van der Waals surface area contributed by atoms with Gasteiger partial charge in [-0.05, 0) is 107 Å². The fraction of sp³-hybridized carbons (Fsp3) is 0.927. The molecule has 4 saturated heterocycles. The topological polar surface area (TPSA) is 214 Å². The summed E-state index contributed by atoms with van der Waals surface area (Å²) in [5.41, 5.74) is -5.41. The number of carbonyl (C=O) groups is 1. The number of esters is 1. The Balaban J connectivity index is 1.06. The summed E-state index contributed by atoms with van der Waals surface area (Å²) in [5, 5.41) is 78.2. The van der Waals surface area contributed by atoms with Gasteiger partial charge in [-0.3, -0.25) is 4.79 Å². The number of rotatable bonds is 5. The van der Waals surface area contributed by atoms with Crippen LogP contribution in [0.1, 0.15) is 107 Å². The van der Waals surface area contributed by atoms with Crippen LogP contribution in [-0.4, -0.2) is 139 Å². The summed E-state index contributed by atoms with van der Waals surface area (Å²) >= 11 is 0. The van der Waals surface area contributed by atoms with Gasteiger partial charge in [-0.15, -0.1) is 0 Å². The van der Waals surface area contributed by atoms with Gasteiger partial charge in [-0.25, -0.2) is 0 Å². The van der Waals surface area contributed by atoms with Crippen LogP contribution in [0, 0.1) is 33.5 Å². The van der Waals surface area contributed by atoms with E-state index in [0.29, 0.717) is 32.1 Å². The van der Waals surface area contributed by atoms with E-state index >= 15 is 0 Å². The van der Waals surface area contributed by atoms with E-state index in [-0.39, 0.29) is 23.9 Å². The maximum Gasteiger partial charge on any atom is 0.319 e. The summed E-state index contributed by atoms with van der Waals surface area (Å²) in [4.78, 5) is 14.5. The zero-order valence-electron chi connectivity index (χ0n) is 33.5. The van der Waals surface area contributed by atoms with Gasteiger partial charge in [0.05, 0.1) is 30.5 Å². The highest BCUT2D eigenvalue weighted by molar-refractivity contribution is 5.86. The van der Waals surface area contributed by atoms with Crippen LogP contribution in [-0.2, 0) is 33.2 Å². The molecule has 0 aromatic rings. The van der Waals surface area contributed by atoms with E-state index in [1.807, 2.05) is 19.9 Å². The van der Waals surface area contributed by atoms with Gasteiger partial charge in [0, 0.05) is 0 Å². The van der Waals surface area contributed by atoms with Crippen molar-refractivity contribution >= 4 is 5.97 Å². The van der Waals surface area contributed by atoms with Crippen LogP contribution in [0.15, 0.2) is 11.6 Å². The van der Waals surface area contributed by atoms with Crippen LogP contribution in [0.3, 0.4) is 0 Å². The van der Waals surface area contributed by atoms with Crippen molar-refractivity contribution in [3.05, 3.63) is 11.6 Å². The van der Waals surface area contributed by atoms with Crippen LogP contribution in [0.5, 0.6) is 0 Å². The molecule has 8 rings (SSSR count). The highest BCUT2D eigenvalue weighted by Crippen LogP contribution is 2.77. The van der Waals surface area contributed by atoms with Gasteiger partial charge in [0.2, 0.25) is 0 Å². The molecule has 7 fully saturated rings. The quantitative estimate of drug-likeness (QED) is 0.120. The van der Waals surface area contributed by atoms with E-state index in [0.717, 1.165) is 24.8 Å². The summed E-state index contributed by atoms with van der Waals surface area (Å²) in [5.74, 6) is -0.550. The Bertz CT molecular complexity index is 1570. The molecule has 0 amide bonds. The molecule has 8 aliphatic rings. The molecule has 0 aromatic carbocycles. The maximum atomic E-state index is 14.5. The summed E-state index contributed by atoms with van der Waals surface area (Å²) < 4.78 is 37.0. The van der Waals surface area contributed by atoms with E-state index in [1.54, 1.807) is 6.92 Å². The number of ether oxygens (including phenoxy) is 6. The molecular formula is C41H64O14. The minimum absolute atomic E-state index is 0.0701. The number of carbonyl (C=O) groups excluding carboxylic acids is 1. The molecule has 19 atom stereocenters. The number of cyclic esters (lactones) is 1. The largest absolute Gasteiger partial charge is 0.453 e. The normalized spacial score (nSPS) is 56.9. The van der Waals surface area contributed by atoms with Gasteiger partial charge < -0.3 is 64.2 Å². The van der Waals surface area contributed by atoms with Gasteiger partial charge >= 0.3 is 5.97 Å². The standard InChI is InChI=1S/C41H64O14/c1-19-27(44)29(46)30(47)32(51-19)53-31-28(45)22(42)18-50-33(31)52-25-12-14-37(6)21-17-24(43)41-34(48)55-39(8,26-11-13-35(2,3)54-26)40(41,49)16-15-38(41,7)20(21)9-10-23(37)36(25,4)5/h17,19-20,22-33,42-47,49H,9-16,18H2,1-8H3/t19-,20-,22-,23+,24+,25+,26-,27-,28+,29+,30-,31-,32+,33+,37-,38+,39+,40+,41-/m1/s1. The van der Waals surface area contributed by atoms with Crippen molar-refractivity contribution in [2.24, 2.45) is 33.5 Å². The first-order valence-corrected chi connectivity index (χ1v) is 20.5. The first-order valence-electron chi connectivity index (χ1n) is 20.5. The first kappa shape index (κ1) is 40.5. The van der Waals surface area contributed by atoms with Gasteiger partial charge in [0.15, 0.2) is 18.2 Å². The van der Waals surface area contributed by atoms with Crippen molar-refractivity contribution in [1.82, 2.24) is 0 Å². The third-order valence-electron chi connectivity index (χ3n) is 16.7. The second-order valence-corrected chi connectivity index (χ2v) is 20.2. The third-order valence-corrected chi connectivity index (χ3v) is 16.7. The minimum atomic E-state index is -1.63. The van der Waals surface area contributed by atoms with Crippen molar-refractivity contribution in [1.29, 1.82) is 0 Å². The average Bonchev–Trinajstić information content (AvgIpc) is 3.68. The molecule has 14 nitrogen and oxygen atoms in total. The molecular weight excluding hydrogens is 716 g/mol. The summed E-state index contributed by atoms with van der Waals surface area (Å²) in [6.07, 6.45) is -7.20. The number of fused-ring (bicyclic) bond motifs is 4. The van der Waals surface area contributed by atoms with E-state index < -0.39 is 113 Å². The summed E-state index contributed by atoms with van der Waals surface area (Å²) in [7, 11) is 0. The Kier molecular flexibility index (Phi) is 9.47. The predicted molar refractivity (Wildman–Crippen MR) is 193 cm³/mol. The second kappa shape index (κ2) is 12.9. The molecule has 4 heterocycles. The molecule has 1 spiro atoms. The Morgan fingerprint density at radius 1 is 0.782 bits per heavy atom. The number of aliphatic hydroxyl groups is 7. The highest BCUT2D eigenvalue weighted by Gasteiger charge is 2.87. The molecule has 312 valence electrons. The molecule has 14 heteroatoms. The van der Waals surface area contributed by atoms with Crippen LogP contribution in [0.4, 0.5) is 0 Å². The van der Waals surface area contributed by atoms with Gasteiger partial charge in [-0.1, -0.05) is 39.3 Å². The van der Waals surface area contributed by atoms with E-state index in [1.165, 1.54) is 6.92 Å². The van der Waals surface area contributed by atoms with E-state index in [4.69, 9.17) is 28.4 Å². The second-order valence-electron chi connectivity index (χ2n) is 20.2. The van der Waals surface area contributed by atoms with Crippen molar-refractivity contribution in [3.63, 3.8) is 0 Å². The monoisotopic (exact) mass is 780 g/mol. The van der Waals surface area contributed by atoms with Crippen molar-refractivity contribution < 1.29 is 69.0 Å². The molecule has 4 aliphatic heterocycles. The van der Waals surface area contributed by atoms with Crippen LogP contribution in [0.25, 0.3) is 0 Å². The van der Waals surface area contributed by atoms with Gasteiger partial charge in [0.1, 0.15) is 53.7 Å². The molecule has 0 unspecified atom stereocenters. The number of allylic oxidation sites excluding steroid dienone is 1. The lowest BCUT2D eigenvalue weighted by Gasteiger charge is -2.64. The Hall–Kier alpha value is -1.27. The maximum absolute atomic E-state index is 14.5. The lowest BCUT2D eigenvalue weighted by Crippen LogP contribution is -2.69. The lowest BCUT2D eigenvalue weighted by atomic mass is 9.40. The number of hydrogen-bond donors (Lipinski definition) is 7. The smallest absolute Gasteiger partial charge is 0.319 e.